The van der Waals surface area contributed by atoms with Gasteiger partial charge in [0.25, 0.3) is 0 Å². The zero-order valence-corrected chi connectivity index (χ0v) is 11.2. The summed E-state index contributed by atoms with van der Waals surface area (Å²) in [7, 11) is 0. The third kappa shape index (κ3) is 3.56. The van der Waals surface area contributed by atoms with Gasteiger partial charge in [-0.05, 0) is 50.7 Å². The molecule has 0 saturated carbocycles. The van der Waals surface area contributed by atoms with E-state index in [4.69, 9.17) is 11.6 Å². The van der Waals surface area contributed by atoms with Crippen molar-refractivity contribution in [3.8, 4) is 0 Å². The van der Waals surface area contributed by atoms with E-state index in [2.05, 4.69) is 21.2 Å². The van der Waals surface area contributed by atoms with E-state index in [1.54, 1.807) is 0 Å². The molecular weight excluding hydrogens is 234 g/mol. The second-order valence-corrected chi connectivity index (χ2v) is 5.17. The lowest BCUT2D eigenvalue weighted by molar-refractivity contribution is 0.462. The number of aryl methyl sites for hydroxylation is 1. The molecule has 4 heteroatoms. The summed E-state index contributed by atoms with van der Waals surface area (Å²) >= 11 is 5.82. The highest BCUT2D eigenvalue weighted by atomic mass is 35.5. The van der Waals surface area contributed by atoms with Gasteiger partial charge in [-0.25, -0.2) is 0 Å². The topological polar surface area (TPSA) is 29.0 Å². The maximum Gasteiger partial charge on any atom is 0.151 e. The Bertz CT molecular complexity index is 339. The number of nitrogens with zero attached hydrogens (tertiary/aromatic N) is 3. The van der Waals surface area contributed by atoms with Crippen molar-refractivity contribution >= 4 is 17.4 Å². The predicted octanol–water partition coefficient (Wildman–Crippen LogP) is 3.02. The molecule has 3 nitrogen and oxygen atoms in total. The minimum absolute atomic E-state index is 0.787. The molecule has 0 aliphatic carbocycles. The summed E-state index contributed by atoms with van der Waals surface area (Å²) < 4.78 is 0. The smallest absolute Gasteiger partial charge is 0.151 e. The lowest BCUT2D eigenvalue weighted by Gasteiger charge is -2.20. The normalized spacial score (nSPS) is 21.3. The summed E-state index contributed by atoms with van der Waals surface area (Å²) in [6, 6.07) is 4.10. The van der Waals surface area contributed by atoms with Gasteiger partial charge in [-0.1, -0.05) is 0 Å². The molecule has 1 aromatic heterocycles. The van der Waals surface area contributed by atoms with Gasteiger partial charge in [0, 0.05) is 19.0 Å². The Morgan fingerprint density at radius 2 is 2.18 bits per heavy atom. The fourth-order valence-corrected chi connectivity index (χ4v) is 2.71. The molecule has 17 heavy (non-hydrogen) atoms. The summed E-state index contributed by atoms with van der Waals surface area (Å²) in [5.74, 6) is 2.59. The quantitative estimate of drug-likeness (QED) is 0.776. The highest BCUT2D eigenvalue weighted by molar-refractivity contribution is 6.17. The van der Waals surface area contributed by atoms with Crippen LogP contribution in [0.1, 0.15) is 31.4 Å². The van der Waals surface area contributed by atoms with Crippen molar-refractivity contribution in [2.24, 2.45) is 5.92 Å². The van der Waals surface area contributed by atoms with Gasteiger partial charge in [0.1, 0.15) is 0 Å². The number of aromatic nitrogens is 2. The fourth-order valence-electron chi connectivity index (χ4n) is 2.40. The molecule has 2 heterocycles. The summed E-state index contributed by atoms with van der Waals surface area (Å²) in [6.45, 7) is 4.14. The van der Waals surface area contributed by atoms with Crippen LogP contribution in [0.2, 0.25) is 0 Å². The van der Waals surface area contributed by atoms with Crippen molar-refractivity contribution in [1.82, 2.24) is 10.2 Å². The van der Waals surface area contributed by atoms with E-state index in [1.165, 1.54) is 19.3 Å². The first-order chi connectivity index (χ1) is 8.29. The van der Waals surface area contributed by atoms with Crippen LogP contribution in [0.25, 0.3) is 0 Å². The third-order valence-corrected chi connectivity index (χ3v) is 3.69. The highest BCUT2D eigenvalue weighted by Crippen LogP contribution is 2.23. The molecule has 0 N–H and O–H groups in total. The molecular formula is C13H20ClN3. The molecule has 1 unspecified atom stereocenters. The average Bonchev–Trinajstić information content (AvgIpc) is 2.56. The van der Waals surface area contributed by atoms with Gasteiger partial charge in [0.2, 0.25) is 0 Å². The Kier molecular flexibility index (Phi) is 4.60. The molecule has 1 saturated heterocycles. The first kappa shape index (κ1) is 12.6. The molecule has 2 rings (SSSR count). The Morgan fingerprint density at radius 1 is 1.29 bits per heavy atom. The van der Waals surface area contributed by atoms with Gasteiger partial charge in [-0.15, -0.1) is 16.7 Å². The van der Waals surface area contributed by atoms with Crippen LogP contribution in [0.3, 0.4) is 0 Å². The van der Waals surface area contributed by atoms with Crippen molar-refractivity contribution in [2.75, 3.05) is 23.9 Å². The van der Waals surface area contributed by atoms with E-state index in [0.29, 0.717) is 0 Å². The van der Waals surface area contributed by atoms with Gasteiger partial charge < -0.3 is 4.90 Å². The summed E-state index contributed by atoms with van der Waals surface area (Å²) in [4.78, 5) is 2.35. The lowest BCUT2D eigenvalue weighted by atomic mass is 9.98. The number of rotatable bonds is 3. The van der Waals surface area contributed by atoms with Crippen molar-refractivity contribution in [2.45, 2.75) is 32.6 Å². The molecule has 0 amide bonds. The average molecular weight is 254 g/mol. The van der Waals surface area contributed by atoms with Crippen LogP contribution in [0.4, 0.5) is 5.82 Å². The Morgan fingerprint density at radius 3 is 2.88 bits per heavy atom. The molecule has 0 aromatic carbocycles. The van der Waals surface area contributed by atoms with Crippen molar-refractivity contribution < 1.29 is 0 Å². The first-order valence-corrected chi connectivity index (χ1v) is 6.94. The van der Waals surface area contributed by atoms with Crippen LogP contribution in [0, 0.1) is 12.8 Å². The van der Waals surface area contributed by atoms with Crippen LogP contribution in [-0.2, 0) is 0 Å². The first-order valence-electron chi connectivity index (χ1n) is 6.41. The standard InChI is InChI=1S/C13H20ClN3/c1-11-4-5-13(16-15-11)17-9-2-3-12(6-8-14)7-10-17/h4-5,12H,2-3,6-10H2,1H3. The van der Waals surface area contributed by atoms with Crippen LogP contribution >= 0.6 is 11.6 Å². The van der Waals surface area contributed by atoms with E-state index in [0.717, 1.165) is 42.8 Å². The molecule has 0 radical (unpaired) electrons. The molecule has 0 bridgehead atoms. The van der Waals surface area contributed by atoms with Gasteiger partial charge in [-0.3, -0.25) is 0 Å². The highest BCUT2D eigenvalue weighted by Gasteiger charge is 2.17. The molecule has 1 atom stereocenters. The van der Waals surface area contributed by atoms with Crippen LogP contribution in [0.15, 0.2) is 12.1 Å². The Balaban J connectivity index is 1.96. The molecule has 0 spiro atoms. The van der Waals surface area contributed by atoms with Gasteiger partial charge in [0.05, 0.1) is 5.69 Å². The lowest BCUT2D eigenvalue weighted by Crippen LogP contribution is -2.25. The Labute approximate surface area is 108 Å². The fraction of sp³-hybridized carbons (Fsp3) is 0.692. The van der Waals surface area contributed by atoms with Gasteiger partial charge in [0.15, 0.2) is 5.82 Å². The zero-order chi connectivity index (χ0) is 12.1. The summed E-state index contributed by atoms with van der Waals surface area (Å²) in [5.41, 5.74) is 0.976. The van der Waals surface area contributed by atoms with E-state index in [9.17, 15) is 0 Å². The molecule has 1 aliphatic heterocycles. The second-order valence-electron chi connectivity index (χ2n) is 4.79. The monoisotopic (exact) mass is 253 g/mol. The summed E-state index contributed by atoms with van der Waals surface area (Å²) in [6.07, 6.45) is 4.90. The maximum absolute atomic E-state index is 5.82. The summed E-state index contributed by atoms with van der Waals surface area (Å²) in [5, 5.41) is 8.39. The van der Waals surface area contributed by atoms with Crippen molar-refractivity contribution in [1.29, 1.82) is 0 Å². The zero-order valence-electron chi connectivity index (χ0n) is 10.4. The predicted molar refractivity (Wildman–Crippen MR) is 71.7 cm³/mol. The molecule has 94 valence electrons. The van der Waals surface area contributed by atoms with E-state index < -0.39 is 0 Å². The van der Waals surface area contributed by atoms with Crippen LogP contribution in [-0.4, -0.2) is 29.2 Å². The number of hydrogen-bond acceptors (Lipinski definition) is 3. The van der Waals surface area contributed by atoms with E-state index in [1.807, 2.05) is 13.0 Å². The third-order valence-electron chi connectivity index (χ3n) is 3.47. The number of hydrogen-bond donors (Lipinski definition) is 0. The van der Waals surface area contributed by atoms with Gasteiger partial charge in [-0.2, -0.15) is 5.10 Å². The minimum Gasteiger partial charge on any atom is -0.355 e. The van der Waals surface area contributed by atoms with Crippen molar-refractivity contribution in [3.05, 3.63) is 17.8 Å². The van der Waals surface area contributed by atoms with Crippen LogP contribution in [0.5, 0.6) is 0 Å². The number of alkyl halides is 1. The number of anilines is 1. The molecule has 1 fully saturated rings. The maximum atomic E-state index is 5.82. The molecule has 1 aliphatic rings. The largest absolute Gasteiger partial charge is 0.355 e. The van der Waals surface area contributed by atoms with E-state index >= 15 is 0 Å². The second kappa shape index (κ2) is 6.20. The van der Waals surface area contributed by atoms with E-state index in [-0.39, 0.29) is 0 Å². The van der Waals surface area contributed by atoms with Crippen molar-refractivity contribution in [3.63, 3.8) is 0 Å². The molecule has 1 aromatic rings. The Hall–Kier alpha value is -0.830. The van der Waals surface area contributed by atoms with Crippen LogP contribution < -0.4 is 4.90 Å². The minimum atomic E-state index is 0.787. The number of halogens is 1. The van der Waals surface area contributed by atoms with Gasteiger partial charge >= 0.3 is 0 Å². The SMILES string of the molecule is Cc1ccc(N2CCCC(CCCl)CC2)nn1.